The van der Waals surface area contributed by atoms with Crippen LogP contribution in [-0.2, 0) is 11.3 Å². The normalized spacial score (nSPS) is 10.2. The first-order chi connectivity index (χ1) is 9.79. The largest absolute Gasteiger partial charge is 0.472 e. The maximum absolute atomic E-state index is 11.5. The number of rotatable bonds is 6. The molecule has 1 N–H and O–H groups in total. The summed E-state index contributed by atoms with van der Waals surface area (Å²) in [6.45, 7) is 2.98. The second-order valence-electron chi connectivity index (χ2n) is 4.56. The van der Waals surface area contributed by atoms with Gasteiger partial charge in [-0.3, -0.25) is 0 Å². The van der Waals surface area contributed by atoms with Crippen LogP contribution in [0.1, 0.15) is 25.3 Å². The number of carbonyl (C=O) groups excluding carboxylic acids is 1. The summed E-state index contributed by atoms with van der Waals surface area (Å²) < 4.78 is 10.1. The summed E-state index contributed by atoms with van der Waals surface area (Å²) in [4.78, 5) is 11.5. The molecule has 1 aromatic carbocycles. The topological polar surface area (TPSA) is 51.5 Å². The second kappa shape index (κ2) is 7.38. The predicted octanol–water partition coefficient (Wildman–Crippen LogP) is 3.97. The van der Waals surface area contributed by atoms with Crippen LogP contribution in [0.3, 0.4) is 0 Å². The summed E-state index contributed by atoms with van der Waals surface area (Å²) in [7, 11) is 0. The van der Waals surface area contributed by atoms with Crippen LogP contribution in [0.15, 0.2) is 47.3 Å². The average molecular weight is 273 g/mol. The van der Waals surface area contributed by atoms with Gasteiger partial charge in [-0.05, 0) is 29.7 Å². The molecular weight excluding hydrogens is 254 g/mol. The molecule has 0 saturated heterocycles. The van der Waals surface area contributed by atoms with E-state index in [9.17, 15) is 4.79 Å². The summed E-state index contributed by atoms with van der Waals surface area (Å²) in [6, 6.07) is 9.87. The minimum atomic E-state index is -0.368. The van der Waals surface area contributed by atoms with E-state index in [4.69, 9.17) is 9.15 Å². The van der Waals surface area contributed by atoms with Crippen LogP contribution in [0.4, 0.5) is 4.79 Å². The SMILES string of the molecule is CCCCOC(=O)NCc1cccc(-c2ccoc2)c1. The van der Waals surface area contributed by atoms with Crippen molar-refractivity contribution in [3.8, 4) is 11.1 Å². The van der Waals surface area contributed by atoms with Gasteiger partial charge < -0.3 is 14.5 Å². The smallest absolute Gasteiger partial charge is 0.407 e. The van der Waals surface area contributed by atoms with Gasteiger partial charge in [-0.15, -0.1) is 0 Å². The molecule has 4 nitrogen and oxygen atoms in total. The third-order valence-corrected chi connectivity index (χ3v) is 2.95. The van der Waals surface area contributed by atoms with Gasteiger partial charge in [0.25, 0.3) is 0 Å². The number of amides is 1. The van der Waals surface area contributed by atoms with Gasteiger partial charge in [0.05, 0.1) is 19.1 Å². The monoisotopic (exact) mass is 273 g/mol. The molecule has 0 aliphatic heterocycles. The minimum absolute atomic E-state index is 0.368. The number of furan rings is 1. The third kappa shape index (κ3) is 4.16. The zero-order chi connectivity index (χ0) is 14.2. The number of hydrogen-bond acceptors (Lipinski definition) is 3. The van der Waals surface area contributed by atoms with Crippen LogP contribution >= 0.6 is 0 Å². The molecule has 106 valence electrons. The Morgan fingerprint density at radius 2 is 2.20 bits per heavy atom. The van der Waals surface area contributed by atoms with Crippen molar-refractivity contribution < 1.29 is 13.9 Å². The van der Waals surface area contributed by atoms with Crippen LogP contribution in [0.5, 0.6) is 0 Å². The lowest BCUT2D eigenvalue weighted by Crippen LogP contribution is -2.24. The molecule has 0 unspecified atom stereocenters. The van der Waals surface area contributed by atoms with Gasteiger partial charge in [-0.25, -0.2) is 4.79 Å². The highest BCUT2D eigenvalue weighted by molar-refractivity contribution is 5.67. The number of unbranched alkanes of at least 4 members (excludes halogenated alkanes) is 1. The molecule has 0 radical (unpaired) electrons. The van der Waals surface area contributed by atoms with Crippen molar-refractivity contribution in [3.63, 3.8) is 0 Å². The fraction of sp³-hybridized carbons (Fsp3) is 0.312. The molecule has 0 aliphatic carbocycles. The van der Waals surface area contributed by atoms with E-state index in [0.29, 0.717) is 13.2 Å². The minimum Gasteiger partial charge on any atom is -0.472 e. The highest BCUT2D eigenvalue weighted by atomic mass is 16.5. The maximum Gasteiger partial charge on any atom is 0.407 e. The summed E-state index contributed by atoms with van der Waals surface area (Å²) in [6.07, 6.45) is 4.88. The number of nitrogens with one attached hydrogen (secondary N) is 1. The quantitative estimate of drug-likeness (QED) is 0.810. The highest BCUT2D eigenvalue weighted by Crippen LogP contribution is 2.20. The van der Waals surface area contributed by atoms with Gasteiger partial charge in [-0.2, -0.15) is 0 Å². The van der Waals surface area contributed by atoms with E-state index in [1.54, 1.807) is 12.5 Å². The molecule has 0 aliphatic rings. The molecule has 0 saturated carbocycles. The van der Waals surface area contributed by atoms with Crippen LogP contribution in [0, 0.1) is 0 Å². The molecule has 0 fully saturated rings. The van der Waals surface area contributed by atoms with Crippen molar-refractivity contribution in [2.75, 3.05) is 6.61 Å². The van der Waals surface area contributed by atoms with E-state index < -0.39 is 0 Å². The molecule has 20 heavy (non-hydrogen) atoms. The van der Waals surface area contributed by atoms with Gasteiger partial charge in [0.2, 0.25) is 0 Å². The molecule has 1 heterocycles. The van der Waals surface area contributed by atoms with Gasteiger partial charge in [0, 0.05) is 12.1 Å². The maximum atomic E-state index is 11.5. The van der Waals surface area contributed by atoms with Crippen molar-refractivity contribution >= 4 is 6.09 Å². The van der Waals surface area contributed by atoms with Crippen LogP contribution in [-0.4, -0.2) is 12.7 Å². The molecular formula is C16H19NO3. The molecule has 2 rings (SSSR count). The summed E-state index contributed by atoms with van der Waals surface area (Å²) in [5.74, 6) is 0. The Morgan fingerprint density at radius 1 is 1.30 bits per heavy atom. The number of alkyl carbamates (subject to hydrolysis) is 1. The van der Waals surface area contributed by atoms with Gasteiger partial charge >= 0.3 is 6.09 Å². The Hall–Kier alpha value is -2.23. The fourth-order valence-electron chi connectivity index (χ4n) is 1.82. The Bertz CT molecular complexity index is 534. The van der Waals surface area contributed by atoms with E-state index in [1.807, 2.05) is 30.3 Å². The summed E-state index contributed by atoms with van der Waals surface area (Å²) in [5, 5.41) is 2.75. The van der Waals surface area contributed by atoms with Crippen molar-refractivity contribution in [2.45, 2.75) is 26.3 Å². The first kappa shape index (κ1) is 14.2. The zero-order valence-electron chi connectivity index (χ0n) is 11.6. The van der Waals surface area contributed by atoms with Gasteiger partial charge in [0.15, 0.2) is 0 Å². The van der Waals surface area contributed by atoms with E-state index >= 15 is 0 Å². The van der Waals surface area contributed by atoms with Crippen LogP contribution in [0.2, 0.25) is 0 Å². The number of hydrogen-bond donors (Lipinski definition) is 1. The average Bonchev–Trinajstić information content (AvgIpc) is 3.00. The first-order valence-electron chi connectivity index (χ1n) is 6.81. The van der Waals surface area contributed by atoms with E-state index in [2.05, 4.69) is 12.2 Å². The fourth-order valence-corrected chi connectivity index (χ4v) is 1.82. The van der Waals surface area contributed by atoms with Crippen LogP contribution < -0.4 is 5.32 Å². The number of carbonyl (C=O) groups is 1. The Labute approximate surface area is 118 Å². The summed E-state index contributed by atoms with van der Waals surface area (Å²) in [5.41, 5.74) is 3.12. The zero-order valence-corrected chi connectivity index (χ0v) is 11.6. The standard InChI is InChI=1S/C16H19NO3/c1-2-3-8-20-16(18)17-11-13-5-4-6-14(10-13)15-7-9-19-12-15/h4-7,9-10,12H,2-3,8,11H2,1H3,(H,17,18). The molecule has 2 aromatic rings. The predicted molar refractivity (Wildman–Crippen MR) is 77.2 cm³/mol. The van der Waals surface area contributed by atoms with E-state index in [-0.39, 0.29) is 6.09 Å². The van der Waals surface area contributed by atoms with Crippen molar-refractivity contribution in [1.29, 1.82) is 0 Å². The Balaban J connectivity index is 1.87. The van der Waals surface area contributed by atoms with Gasteiger partial charge in [-0.1, -0.05) is 31.5 Å². The summed E-state index contributed by atoms with van der Waals surface area (Å²) >= 11 is 0. The van der Waals surface area contributed by atoms with E-state index in [1.165, 1.54) is 0 Å². The lowest BCUT2D eigenvalue weighted by atomic mass is 10.1. The third-order valence-electron chi connectivity index (χ3n) is 2.95. The van der Waals surface area contributed by atoms with E-state index in [0.717, 1.165) is 29.5 Å². The number of ether oxygens (including phenoxy) is 1. The molecule has 4 heteroatoms. The molecule has 1 amide bonds. The Kier molecular flexibility index (Phi) is 5.24. The molecule has 0 spiro atoms. The second-order valence-corrected chi connectivity index (χ2v) is 4.56. The van der Waals surface area contributed by atoms with Crippen molar-refractivity contribution in [1.82, 2.24) is 5.32 Å². The lowest BCUT2D eigenvalue weighted by molar-refractivity contribution is 0.144. The lowest BCUT2D eigenvalue weighted by Gasteiger charge is -2.07. The van der Waals surface area contributed by atoms with Gasteiger partial charge in [0.1, 0.15) is 0 Å². The first-order valence-corrected chi connectivity index (χ1v) is 6.81. The van der Waals surface area contributed by atoms with Crippen molar-refractivity contribution in [3.05, 3.63) is 48.4 Å². The Morgan fingerprint density at radius 3 is 2.95 bits per heavy atom. The van der Waals surface area contributed by atoms with Crippen LogP contribution in [0.25, 0.3) is 11.1 Å². The highest BCUT2D eigenvalue weighted by Gasteiger charge is 2.03. The molecule has 0 bridgehead atoms. The molecule has 1 aromatic heterocycles. The number of benzene rings is 1. The van der Waals surface area contributed by atoms with Crippen molar-refractivity contribution in [2.24, 2.45) is 0 Å². The molecule has 0 atom stereocenters.